The van der Waals surface area contributed by atoms with Crippen LogP contribution in [0.4, 0.5) is 0 Å². The Labute approximate surface area is 406 Å². The van der Waals surface area contributed by atoms with Gasteiger partial charge in [0.15, 0.2) is 0 Å². The van der Waals surface area contributed by atoms with Gasteiger partial charge in [-0.05, 0) is 56.8 Å². The van der Waals surface area contributed by atoms with Gasteiger partial charge in [-0.1, -0.05) is 301 Å². The Balaban J connectivity index is 1.06. The van der Waals surface area contributed by atoms with Crippen molar-refractivity contribution in [1.29, 1.82) is 0 Å². The van der Waals surface area contributed by atoms with E-state index in [9.17, 15) is 0 Å². The van der Waals surface area contributed by atoms with Crippen molar-refractivity contribution in [2.24, 2.45) is 5.41 Å². The molecule has 3 saturated carbocycles. The predicted molar refractivity (Wildman–Crippen MR) is 283 cm³/mol. The number of hydrogen-bond donors (Lipinski definition) is 0. The summed E-state index contributed by atoms with van der Waals surface area (Å²) < 4.78 is 6.04. The lowest BCUT2D eigenvalue weighted by molar-refractivity contribution is 0.345. The van der Waals surface area contributed by atoms with Gasteiger partial charge >= 0.3 is 0 Å². The molecule has 1 aromatic rings. The van der Waals surface area contributed by atoms with Crippen LogP contribution in [-0.2, 0) is 5.88 Å². The molecule has 0 aliphatic heterocycles. The number of nitrogens with zero attached hydrogens (tertiary/aromatic N) is 1. The molecule has 64 heavy (non-hydrogen) atoms. The Bertz CT molecular complexity index is 1150. The Morgan fingerprint density at radius 1 is 0.312 bits per heavy atom. The average Bonchev–Trinajstić information content (AvgIpc) is 4.26. The van der Waals surface area contributed by atoms with E-state index in [4.69, 9.17) is 21.3 Å². The second-order valence-electron chi connectivity index (χ2n) is 22.9. The van der Waals surface area contributed by atoms with E-state index in [1.165, 1.54) is 358 Å². The largest absolute Gasteiger partial charge is 0.360 e. The van der Waals surface area contributed by atoms with Crippen LogP contribution in [-0.4, -0.2) is 5.16 Å². The highest BCUT2D eigenvalue weighted by Gasteiger charge is 2.42. The molecule has 0 saturated heterocycles. The predicted octanol–water partition coefficient (Wildman–Crippen LogP) is 22.7. The Hall–Kier alpha value is -0.500. The second kappa shape index (κ2) is 39.4. The first-order valence-electron chi connectivity index (χ1n) is 30.4. The van der Waals surface area contributed by atoms with E-state index in [0.29, 0.717) is 23.1 Å². The third-order valence-electron chi connectivity index (χ3n) is 16.8. The molecule has 374 valence electrons. The fourth-order valence-electron chi connectivity index (χ4n) is 11.8. The van der Waals surface area contributed by atoms with E-state index in [-0.39, 0.29) is 0 Å². The summed E-state index contributed by atoms with van der Waals surface area (Å²) in [5, 5.41) is 4.78. The second-order valence-corrected chi connectivity index (χ2v) is 23.1. The van der Waals surface area contributed by atoms with Gasteiger partial charge in [-0.25, -0.2) is 0 Å². The SMILES string of the molecule is ClCc1c(C2CCCCCCCCCCCCCCCCCCCCCCCCCCCCCCCCCCCCCCCCCCCCCCCCC3(CC2)CC3)noc1C1CC1. The number of aromatic nitrogens is 1. The summed E-state index contributed by atoms with van der Waals surface area (Å²) in [5.41, 5.74) is 3.17. The maximum absolute atomic E-state index is 6.62. The molecule has 1 heterocycles. The Kier molecular flexibility index (Phi) is 34.5. The van der Waals surface area contributed by atoms with Crippen LogP contribution in [0, 0.1) is 5.41 Å². The van der Waals surface area contributed by atoms with Gasteiger partial charge in [0.2, 0.25) is 0 Å². The molecule has 0 aromatic carbocycles. The smallest absolute Gasteiger partial charge is 0.144 e. The van der Waals surface area contributed by atoms with Crippen molar-refractivity contribution >= 4 is 11.6 Å². The third-order valence-corrected chi connectivity index (χ3v) is 17.1. The lowest BCUT2D eigenvalue weighted by Gasteiger charge is -2.21. The van der Waals surface area contributed by atoms with E-state index in [0.717, 1.165) is 5.76 Å². The Morgan fingerprint density at radius 3 is 0.859 bits per heavy atom. The molecule has 0 radical (unpaired) electrons. The number of rotatable bonds is 3. The minimum Gasteiger partial charge on any atom is -0.360 e. The zero-order valence-electron chi connectivity index (χ0n) is 43.3. The van der Waals surface area contributed by atoms with Crippen LogP contribution >= 0.6 is 11.6 Å². The molecule has 3 aliphatic carbocycles. The molecule has 3 aliphatic rings. The molecular weight excluding hydrogens is 798 g/mol. The standard InChI is InChI=1S/C61H112ClNO/c62-55-58-59(63-64-60(58)57-48-49-57)56-47-45-43-41-39-37-35-33-31-29-27-25-23-21-19-17-15-13-11-9-7-5-3-1-2-4-6-8-10-12-14-16-18-20-22-24-26-28-30-32-34-36-38-40-42-44-46-51-61(52-50-56)53-54-61/h56-57H,1-55H2. The fourth-order valence-corrected chi connectivity index (χ4v) is 12.1. The van der Waals surface area contributed by atoms with Gasteiger partial charge < -0.3 is 4.52 Å². The van der Waals surface area contributed by atoms with Crippen LogP contribution in [0.25, 0.3) is 0 Å². The van der Waals surface area contributed by atoms with Crippen molar-refractivity contribution in [3.63, 3.8) is 0 Å². The van der Waals surface area contributed by atoms with Gasteiger partial charge in [-0.2, -0.15) is 0 Å². The van der Waals surface area contributed by atoms with Gasteiger partial charge in [0.25, 0.3) is 0 Å². The van der Waals surface area contributed by atoms with Gasteiger partial charge in [0.1, 0.15) is 5.76 Å². The lowest BCUT2D eigenvalue weighted by Crippen LogP contribution is -2.08. The van der Waals surface area contributed by atoms with Crippen molar-refractivity contribution in [1.82, 2.24) is 5.16 Å². The van der Waals surface area contributed by atoms with Crippen LogP contribution in [0.1, 0.15) is 376 Å². The molecule has 2 nitrogen and oxygen atoms in total. The molecule has 0 amide bonds. The van der Waals surface area contributed by atoms with E-state index < -0.39 is 0 Å². The average molecular weight is 911 g/mol. The number of alkyl halides is 1. The van der Waals surface area contributed by atoms with Gasteiger partial charge in [-0.3, -0.25) is 0 Å². The van der Waals surface area contributed by atoms with Crippen LogP contribution in [0.3, 0.4) is 0 Å². The first kappa shape index (κ1) is 56.1. The fraction of sp³-hybridized carbons (Fsp3) is 0.951. The summed E-state index contributed by atoms with van der Waals surface area (Å²) in [5.74, 6) is 2.85. The highest BCUT2D eigenvalue weighted by molar-refractivity contribution is 6.17. The number of hydrogen-bond acceptors (Lipinski definition) is 2. The minimum atomic E-state index is 0.540. The summed E-state index contributed by atoms with van der Waals surface area (Å²) >= 11 is 6.62. The Morgan fingerprint density at radius 2 is 0.594 bits per heavy atom. The number of halogens is 1. The monoisotopic (exact) mass is 910 g/mol. The molecular formula is C61H112ClNO. The molecule has 0 bridgehead atoms. The van der Waals surface area contributed by atoms with E-state index in [1.54, 1.807) is 0 Å². The topological polar surface area (TPSA) is 26.0 Å². The van der Waals surface area contributed by atoms with E-state index in [1.807, 2.05) is 0 Å². The van der Waals surface area contributed by atoms with Gasteiger partial charge in [-0.15, -0.1) is 11.6 Å². The first-order valence-corrected chi connectivity index (χ1v) is 30.9. The molecule has 1 aromatic heterocycles. The van der Waals surface area contributed by atoms with Crippen molar-refractivity contribution in [2.75, 3.05) is 0 Å². The summed E-state index contributed by atoms with van der Waals surface area (Å²) in [6, 6.07) is 0. The highest BCUT2D eigenvalue weighted by atomic mass is 35.5. The van der Waals surface area contributed by atoms with Crippen LogP contribution in [0.15, 0.2) is 4.52 Å². The normalized spacial score (nSPS) is 25.6. The maximum Gasteiger partial charge on any atom is 0.144 e. The van der Waals surface area contributed by atoms with Crippen LogP contribution in [0.2, 0.25) is 0 Å². The highest BCUT2D eigenvalue weighted by Crippen LogP contribution is 2.55. The lowest BCUT2D eigenvalue weighted by atomic mass is 9.84. The molecule has 1 atom stereocenters. The van der Waals surface area contributed by atoms with E-state index >= 15 is 0 Å². The third kappa shape index (κ3) is 28.7. The molecule has 1 spiro atoms. The molecule has 0 N–H and O–H groups in total. The maximum atomic E-state index is 6.62. The van der Waals surface area contributed by atoms with Gasteiger partial charge in [0.05, 0.1) is 11.6 Å². The van der Waals surface area contributed by atoms with E-state index in [2.05, 4.69) is 0 Å². The van der Waals surface area contributed by atoms with Crippen molar-refractivity contribution in [3.8, 4) is 0 Å². The summed E-state index contributed by atoms with van der Waals surface area (Å²) in [7, 11) is 0. The van der Waals surface area contributed by atoms with Gasteiger partial charge in [0, 0.05) is 17.4 Å². The van der Waals surface area contributed by atoms with Crippen molar-refractivity contribution < 1.29 is 4.52 Å². The first-order chi connectivity index (χ1) is 31.8. The zero-order chi connectivity index (χ0) is 44.7. The molecule has 1 unspecified atom stereocenters. The van der Waals surface area contributed by atoms with Crippen LogP contribution < -0.4 is 0 Å². The quantitative estimate of drug-likeness (QED) is 0.283. The molecule has 3 heteroatoms. The minimum absolute atomic E-state index is 0.540. The molecule has 3 fully saturated rings. The van der Waals surface area contributed by atoms with Crippen molar-refractivity contribution in [2.45, 2.75) is 364 Å². The zero-order valence-corrected chi connectivity index (χ0v) is 44.0. The van der Waals surface area contributed by atoms with Crippen molar-refractivity contribution in [3.05, 3.63) is 17.0 Å². The summed E-state index contributed by atoms with van der Waals surface area (Å²) in [6.45, 7) is 0. The molecule has 4 rings (SSSR count). The summed E-state index contributed by atoms with van der Waals surface area (Å²) in [6.07, 6.45) is 78.6. The summed E-state index contributed by atoms with van der Waals surface area (Å²) in [4.78, 5) is 0. The van der Waals surface area contributed by atoms with Crippen LogP contribution in [0.5, 0.6) is 0 Å².